The second-order valence-corrected chi connectivity index (χ2v) is 4.68. The zero-order valence-electron chi connectivity index (χ0n) is 10.0. The molecule has 0 amide bonds. The van der Waals surface area contributed by atoms with E-state index in [9.17, 15) is 9.90 Å². The van der Waals surface area contributed by atoms with E-state index >= 15 is 0 Å². The summed E-state index contributed by atoms with van der Waals surface area (Å²) in [5, 5.41) is 12.6. The molecule has 0 bridgehead atoms. The van der Waals surface area contributed by atoms with Gasteiger partial charge in [0.2, 0.25) is 0 Å². The van der Waals surface area contributed by atoms with Crippen molar-refractivity contribution in [3.05, 3.63) is 30.3 Å². The molecule has 92 valence electrons. The Morgan fingerprint density at radius 1 is 1.29 bits per heavy atom. The van der Waals surface area contributed by atoms with Gasteiger partial charge in [-0.1, -0.05) is 18.2 Å². The normalized spacial score (nSPS) is 19.8. The minimum atomic E-state index is -0.812. The van der Waals surface area contributed by atoms with Crippen LogP contribution in [0.2, 0.25) is 0 Å². The first-order valence-corrected chi connectivity index (χ1v) is 5.88. The molecule has 1 aromatic carbocycles. The van der Waals surface area contributed by atoms with Crippen molar-refractivity contribution in [3.63, 3.8) is 0 Å². The largest absolute Gasteiger partial charge is 0.480 e. The van der Waals surface area contributed by atoms with Crippen molar-refractivity contribution < 1.29 is 9.90 Å². The lowest BCUT2D eigenvalue weighted by Gasteiger charge is -2.38. The number of nitrogens with one attached hydrogen (secondary N) is 1. The molecule has 17 heavy (non-hydrogen) atoms. The zero-order valence-corrected chi connectivity index (χ0v) is 10.0. The van der Waals surface area contributed by atoms with E-state index in [-0.39, 0.29) is 0 Å². The van der Waals surface area contributed by atoms with Crippen molar-refractivity contribution in [2.24, 2.45) is 0 Å². The molecule has 1 fully saturated rings. The number of benzene rings is 1. The van der Waals surface area contributed by atoms with Crippen LogP contribution in [-0.2, 0) is 4.79 Å². The van der Waals surface area contributed by atoms with E-state index in [0.29, 0.717) is 12.8 Å². The van der Waals surface area contributed by atoms with Gasteiger partial charge < -0.3 is 15.3 Å². The van der Waals surface area contributed by atoms with Gasteiger partial charge in [0.15, 0.2) is 0 Å². The molecule has 1 saturated heterocycles. The van der Waals surface area contributed by atoms with E-state index in [2.05, 4.69) is 10.2 Å². The van der Waals surface area contributed by atoms with Crippen LogP contribution in [0.25, 0.3) is 0 Å². The van der Waals surface area contributed by atoms with Crippen LogP contribution in [0, 0.1) is 0 Å². The summed E-state index contributed by atoms with van der Waals surface area (Å²) in [6.07, 6.45) is 1.27. The van der Waals surface area contributed by atoms with Gasteiger partial charge in [-0.2, -0.15) is 0 Å². The predicted octanol–water partition coefficient (Wildman–Crippen LogP) is 1.65. The monoisotopic (exact) mass is 234 g/mol. The van der Waals surface area contributed by atoms with Gasteiger partial charge in [-0.05, 0) is 32.0 Å². The van der Waals surface area contributed by atoms with Crippen LogP contribution in [0.15, 0.2) is 30.3 Å². The van der Waals surface area contributed by atoms with Gasteiger partial charge >= 0.3 is 5.97 Å². The van der Waals surface area contributed by atoms with Crippen molar-refractivity contribution in [3.8, 4) is 0 Å². The number of aliphatic carboxylic acids is 1. The van der Waals surface area contributed by atoms with Gasteiger partial charge in [-0.15, -0.1) is 0 Å². The highest BCUT2D eigenvalue weighted by atomic mass is 16.4. The van der Waals surface area contributed by atoms with Crippen molar-refractivity contribution >= 4 is 11.7 Å². The smallest absolute Gasteiger partial charge is 0.329 e. The van der Waals surface area contributed by atoms with Crippen LogP contribution < -0.4 is 5.32 Å². The Bertz CT molecular complexity index is 384. The van der Waals surface area contributed by atoms with Crippen LogP contribution >= 0.6 is 0 Å². The highest BCUT2D eigenvalue weighted by Crippen LogP contribution is 2.26. The summed E-state index contributed by atoms with van der Waals surface area (Å²) in [6.45, 7) is 1.62. The van der Waals surface area contributed by atoms with E-state index in [0.717, 1.165) is 18.8 Å². The van der Waals surface area contributed by atoms with Gasteiger partial charge in [-0.3, -0.25) is 0 Å². The Balaban J connectivity index is 2.15. The molecule has 0 radical (unpaired) electrons. The lowest BCUT2D eigenvalue weighted by atomic mass is 9.87. The Kier molecular flexibility index (Phi) is 3.33. The number of carbonyl (C=O) groups is 1. The maximum atomic E-state index is 11.5. The Morgan fingerprint density at radius 2 is 1.88 bits per heavy atom. The lowest BCUT2D eigenvalue weighted by Crippen LogP contribution is -2.53. The van der Waals surface area contributed by atoms with Gasteiger partial charge in [0.25, 0.3) is 0 Å². The van der Waals surface area contributed by atoms with Gasteiger partial charge in [-0.25, -0.2) is 4.79 Å². The molecule has 0 aliphatic carbocycles. The van der Waals surface area contributed by atoms with Gasteiger partial charge in [0, 0.05) is 18.8 Å². The molecule has 0 atom stereocenters. The molecule has 1 aromatic rings. The Morgan fingerprint density at radius 3 is 2.41 bits per heavy atom. The molecular formula is C13H18N2O2. The van der Waals surface area contributed by atoms with Crippen molar-refractivity contribution in [2.45, 2.75) is 18.4 Å². The average molecular weight is 234 g/mol. The van der Waals surface area contributed by atoms with Crippen LogP contribution in [-0.4, -0.2) is 41.7 Å². The number of hydrogen-bond acceptors (Lipinski definition) is 3. The molecule has 0 unspecified atom stereocenters. The van der Waals surface area contributed by atoms with Gasteiger partial charge in [0.05, 0.1) is 0 Å². The number of para-hydroxylation sites is 1. The molecule has 1 heterocycles. The number of likely N-dealkylation sites (tertiary alicyclic amines) is 1. The fraction of sp³-hybridized carbons (Fsp3) is 0.462. The number of rotatable bonds is 3. The van der Waals surface area contributed by atoms with Crippen LogP contribution in [0.4, 0.5) is 5.69 Å². The third-order valence-electron chi connectivity index (χ3n) is 3.41. The second-order valence-electron chi connectivity index (χ2n) is 4.68. The number of hydrogen-bond donors (Lipinski definition) is 2. The van der Waals surface area contributed by atoms with Crippen molar-refractivity contribution in [1.29, 1.82) is 0 Å². The molecule has 0 spiro atoms. The van der Waals surface area contributed by atoms with Gasteiger partial charge in [0.1, 0.15) is 5.54 Å². The summed E-state index contributed by atoms with van der Waals surface area (Å²) in [4.78, 5) is 13.7. The third kappa shape index (κ3) is 2.58. The molecule has 4 nitrogen and oxygen atoms in total. The summed E-state index contributed by atoms with van der Waals surface area (Å²) in [5.74, 6) is -0.755. The molecular weight excluding hydrogens is 216 g/mol. The highest BCUT2D eigenvalue weighted by molar-refractivity contribution is 5.83. The molecule has 0 saturated carbocycles. The van der Waals surface area contributed by atoms with Crippen molar-refractivity contribution in [2.75, 3.05) is 25.5 Å². The van der Waals surface area contributed by atoms with E-state index in [4.69, 9.17) is 0 Å². The maximum absolute atomic E-state index is 11.5. The third-order valence-corrected chi connectivity index (χ3v) is 3.41. The van der Waals surface area contributed by atoms with Crippen LogP contribution in [0.1, 0.15) is 12.8 Å². The predicted molar refractivity (Wildman–Crippen MR) is 67.2 cm³/mol. The fourth-order valence-corrected chi connectivity index (χ4v) is 2.19. The number of carboxylic acid groups (broad SMARTS) is 1. The fourth-order valence-electron chi connectivity index (χ4n) is 2.19. The topological polar surface area (TPSA) is 52.6 Å². The Hall–Kier alpha value is -1.55. The summed E-state index contributed by atoms with van der Waals surface area (Å²) in [6, 6.07) is 9.55. The summed E-state index contributed by atoms with van der Waals surface area (Å²) in [7, 11) is 2.02. The second kappa shape index (κ2) is 4.75. The Labute approximate surface area is 101 Å². The SMILES string of the molecule is CN1CCC(Nc2ccccc2)(C(=O)O)CC1. The van der Waals surface area contributed by atoms with E-state index in [1.54, 1.807) is 0 Å². The quantitative estimate of drug-likeness (QED) is 0.835. The number of nitrogens with zero attached hydrogens (tertiary/aromatic N) is 1. The maximum Gasteiger partial charge on any atom is 0.329 e. The van der Waals surface area contributed by atoms with Crippen molar-refractivity contribution in [1.82, 2.24) is 4.90 Å². The first-order valence-electron chi connectivity index (χ1n) is 5.88. The van der Waals surface area contributed by atoms with E-state index < -0.39 is 11.5 Å². The molecule has 1 aliphatic rings. The zero-order chi connectivity index (χ0) is 12.3. The van der Waals surface area contributed by atoms with E-state index in [1.807, 2.05) is 37.4 Å². The molecule has 1 aliphatic heterocycles. The molecule has 4 heteroatoms. The summed E-state index contributed by atoms with van der Waals surface area (Å²) >= 11 is 0. The lowest BCUT2D eigenvalue weighted by molar-refractivity contribution is -0.143. The standard InChI is InChI=1S/C13H18N2O2/c1-15-9-7-13(8-10-15,12(16)17)14-11-5-3-2-4-6-11/h2-6,14H,7-10H2,1H3,(H,16,17). The molecule has 0 aromatic heterocycles. The van der Waals surface area contributed by atoms with Crippen LogP contribution in [0.3, 0.4) is 0 Å². The minimum absolute atomic E-state index is 0.633. The van der Waals surface area contributed by atoms with Crippen LogP contribution in [0.5, 0.6) is 0 Å². The number of piperidine rings is 1. The first-order chi connectivity index (χ1) is 8.12. The molecule has 2 rings (SSSR count). The summed E-state index contributed by atoms with van der Waals surface area (Å²) < 4.78 is 0. The first kappa shape index (κ1) is 11.9. The minimum Gasteiger partial charge on any atom is -0.480 e. The average Bonchev–Trinajstić information content (AvgIpc) is 2.33. The number of carboxylic acids is 1. The summed E-state index contributed by atoms with van der Waals surface area (Å²) in [5.41, 5.74) is 0.0629. The van der Waals surface area contributed by atoms with E-state index in [1.165, 1.54) is 0 Å². The molecule has 2 N–H and O–H groups in total. The number of anilines is 1. The highest BCUT2D eigenvalue weighted by Gasteiger charge is 2.40.